The van der Waals surface area contributed by atoms with Gasteiger partial charge < -0.3 is 24.2 Å². The Morgan fingerprint density at radius 1 is 0.972 bits per heavy atom. The molecule has 1 amide bonds. The quantitative estimate of drug-likeness (QED) is 0.250. The number of ketones is 1. The molecule has 0 bridgehead atoms. The Labute approximate surface area is 214 Å². The van der Waals surface area contributed by atoms with E-state index >= 15 is 0 Å². The fourth-order valence-electron chi connectivity index (χ4n) is 4.27. The predicted octanol–water partition coefficient (Wildman–Crippen LogP) is 5.38. The highest BCUT2D eigenvalue weighted by atomic mass is 35.5. The third-order valence-corrected chi connectivity index (χ3v) is 6.27. The van der Waals surface area contributed by atoms with Gasteiger partial charge >= 0.3 is 0 Å². The highest BCUT2D eigenvalue weighted by Crippen LogP contribution is 2.43. The molecule has 0 saturated carbocycles. The summed E-state index contributed by atoms with van der Waals surface area (Å²) in [6.45, 7) is 2.60. The number of hydrogen-bond donors (Lipinski definition) is 1. The third-order valence-electron chi connectivity index (χ3n) is 5.97. The molecule has 8 heteroatoms. The Morgan fingerprint density at radius 2 is 1.64 bits per heavy atom. The number of hydrogen-bond acceptors (Lipinski definition) is 6. The zero-order valence-corrected chi connectivity index (χ0v) is 20.9. The van der Waals surface area contributed by atoms with E-state index in [0.29, 0.717) is 23.7 Å². The Morgan fingerprint density at radius 3 is 2.25 bits per heavy atom. The van der Waals surface area contributed by atoms with E-state index in [0.717, 1.165) is 5.56 Å². The number of halogens is 1. The molecular weight excluding hydrogens is 482 g/mol. The summed E-state index contributed by atoms with van der Waals surface area (Å²) in [5, 5.41) is 11.6. The largest absolute Gasteiger partial charge is 0.507 e. The molecule has 4 rings (SSSR count). The van der Waals surface area contributed by atoms with Crippen LogP contribution in [0.15, 0.2) is 72.3 Å². The van der Waals surface area contributed by atoms with Crippen LogP contribution in [0.4, 0.5) is 0 Å². The van der Waals surface area contributed by atoms with E-state index in [1.54, 1.807) is 0 Å². The van der Waals surface area contributed by atoms with E-state index in [4.69, 9.17) is 25.8 Å². The molecule has 3 aromatic rings. The van der Waals surface area contributed by atoms with Gasteiger partial charge in [0.1, 0.15) is 23.0 Å². The maximum atomic E-state index is 13.3. The van der Waals surface area contributed by atoms with Crippen molar-refractivity contribution in [3.63, 3.8) is 0 Å². The van der Waals surface area contributed by atoms with Crippen LogP contribution in [0, 0.1) is 0 Å². The number of Topliss-reactive ketones (excluding diaryl/α,β-unsaturated/α-hetero) is 1. The number of aliphatic hydroxyl groups is 1. The van der Waals surface area contributed by atoms with E-state index in [9.17, 15) is 14.7 Å². The van der Waals surface area contributed by atoms with Crippen molar-refractivity contribution in [1.82, 2.24) is 4.90 Å². The van der Waals surface area contributed by atoms with Gasteiger partial charge in [0, 0.05) is 12.6 Å². The van der Waals surface area contributed by atoms with Gasteiger partial charge in [-0.1, -0.05) is 54.1 Å². The van der Waals surface area contributed by atoms with Gasteiger partial charge in [0.05, 0.1) is 43.0 Å². The van der Waals surface area contributed by atoms with Gasteiger partial charge in [0.2, 0.25) is 0 Å². The van der Waals surface area contributed by atoms with Crippen LogP contribution in [0.3, 0.4) is 0 Å². The minimum Gasteiger partial charge on any atom is -0.507 e. The first-order valence-electron chi connectivity index (χ1n) is 11.4. The Hall–Kier alpha value is -3.97. The van der Waals surface area contributed by atoms with Gasteiger partial charge in [0.15, 0.2) is 0 Å². The second-order valence-corrected chi connectivity index (χ2v) is 8.51. The number of likely N-dealkylation sites (tertiary alicyclic amines) is 1. The van der Waals surface area contributed by atoms with Crippen LogP contribution in [0.2, 0.25) is 5.02 Å². The zero-order chi connectivity index (χ0) is 25.8. The van der Waals surface area contributed by atoms with Crippen molar-refractivity contribution in [3.05, 3.63) is 94.0 Å². The van der Waals surface area contributed by atoms with Crippen molar-refractivity contribution in [3.8, 4) is 17.2 Å². The summed E-state index contributed by atoms with van der Waals surface area (Å²) in [5.41, 5.74) is 1.63. The number of aliphatic hydroxyl groups excluding tert-OH is 1. The number of benzene rings is 3. The van der Waals surface area contributed by atoms with E-state index < -0.39 is 17.7 Å². The smallest absolute Gasteiger partial charge is 0.295 e. The summed E-state index contributed by atoms with van der Waals surface area (Å²) in [6.07, 6.45) is 0. The van der Waals surface area contributed by atoms with Gasteiger partial charge in [-0.2, -0.15) is 0 Å². The summed E-state index contributed by atoms with van der Waals surface area (Å²) in [5.74, 6) is -0.567. The molecule has 1 heterocycles. The minimum atomic E-state index is -0.816. The molecule has 1 N–H and O–H groups in total. The molecule has 7 nitrogen and oxygen atoms in total. The Balaban J connectivity index is 1.84. The second-order valence-electron chi connectivity index (χ2n) is 8.10. The van der Waals surface area contributed by atoms with E-state index in [1.807, 2.05) is 61.5 Å². The van der Waals surface area contributed by atoms with Crippen LogP contribution in [0.25, 0.3) is 5.76 Å². The monoisotopic (exact) mass is 507 g/mol. The standard InChI is InChI=1S/C28H26ClNO6/c1-4-36-19-12-10-17(11-13-19)16-30-25(18-8-6-5-7-9-18)24(27(32)28(30)33)26(31)20-14-21(29)23(35-3)15-22(20)34-2/h5-15,25,31H,4,16H2,1-3H3/b26-24+. The van der Waals surface area contributed by atoms with Crippen LogP contribution in [0.5, 0.6) is 17.2 Å². The molecule has 1 aliphatic rings. The average Bonchev–Trinajstić information content (AvgIpc) is 3.14. The number of rotatable bonds is 8. The summed E-state index contributed by atoms with van der Waals surface area (Å²) in [6, 6.07) is 18.6. The van der Waals surface area contributed by atoms with E-state index in [1.165, 1.54) is 31.3 Å². The summed E-state index contributed by atoms with van der Waals surface area (Å²) < 4.78 is 16.2. The minimum absolute atomic E-state index is 0.0448. The number of carbonyl (C=O) groups is 2. The van der Waals surface area contributed by atoms with E-state index in [-0.39, 0.29) is 34.2 Å². The molecular formula is C28H26ClNO6. The molecule has 0 spiro atoms. The normalized spacial score (nSPS) is 16.8. The molecule has 1 atom stereocenters. The average molecular weight is 508 g/mol. The maximum Gasteiger partial charge on any atom is 0.295 e. The van der Waals surface area contributed by atoms with Crippen molar-refractivity contribution < 1.29 is 28.9 Å². The SMILES string of the molecule is CCOc1ccc(CN2C(=O)C(=O)/C(=C(/O)c3cc(Cl)c(OC)cc3OC)C2c2ccccc2)cc1. The molecule has 0 aromatic heterocycles. The van der Waals surface area contributed by atoms with Crippen molar-refractivity contribution in [2.45, 2.75) is 19.5 Å². The van der Waals surface area contributed by atoms with Gasteiger partial charge in [-0.15, -0.1) is 0 Å². The number of carbonyl (C=O) groups excluding carboxylic acids is 2. The first-order chi connectivity index (χ1) is 17.4. The zero-order valence-electron chi connectivity index (χ0n) is 20.2. The van der Waals surface area contributed by atoms with Crippen molar-refractivity contribution >= 4 is 29.1 Å². The van der Waals surface area contributed by atoms with E-state index in [2.05, 4.69) is 0 Å². The summed E-state index contributed by atoms with van der Waals surface area (Å²) in [7, 11) is 2.89. The number of methoxy groups -OCH3 is 2. The van der Waals surface area contributed by atoms with Crippen molar-refractivity contribution in [2.24, 2.45) is 0 Å². The third kappa shape index (κ3) is 4.75. The predicted molar refractivity (Wildman–Crippen MR) is 136 cm³/mol. The number of nitrogens with zero attached hydrogens (tertiary/aromatic N) is 1. The molecule has 0 radical (unpaired) electrons. The summed E-state index contributed by atoms with van der Waals surface area (Å²) in [4.78, 5) is 28.0. The van der Waals surface area contributed by atoms with Gasteiger partial charge in [-0.05, 0) is 36.2 Å². The van der Waals surface area contributed by atoms with Crippen LogP contribution < -0.4 is 14.2 Å². The van der Waals surface area contributed by atoms with Crippen LogP contribution in [-0.4, -0.2) is 42.5 Å². The molecule has 1 fully saturated rings. The lowest BCUT2D eigenvalue weighted by Gasteiger charge is -2.25. The van der Waals surface area contributed by atoms with Crippen LogP contribution in [0.1, 0.15) is 29.7 Å². The number of amides is 1. The van der Waals surface area contributed by atoms with Gasteiger partial charge in [0.25, 0.3) is 11.7 Å². The lowest BCUT2D eigenvalue weighted by atomic mass is 9.95. The molecule has 1 unspecified atom stereocenters. The first-order valence-corrected chi connectivity index (χ1v) is 11.7. The maximum absolute atomic E-state index is 13.3. The lowest BCUT2D eigenvalue weighted by Crippen LogP contribution is -2.29. The topological polar surface area (TPSA) is 85.3 Å². The highest BCUT2D eigenvalue weighted by molar-refractivity contribution is 6.46. The Bertz CT molecular complexity index is 1300. The molecule has 3 aromatic carbocycles. The lowest BCUT2D eigenvalue weighted by molar-refractivity contribution is -0.140. The molecule has 0 aliphatic carbocycles. The molecule has 1 aliphatic heterocycles. The van der Waals surface area contributed by atoms with Crippen molar-refractivity contribution in [1.29, 1.82) is 0 Å². The first kappa shape index (κ1) is 25.1. The molecule has 186 valence electrons. The van der Waals surface area contributed by atoms with Crippen LogP contribution >= 0.6 is 11.6 Å². The fraction of sp³-hybridized carbons (Fsp3) is 0.214. The Kier molecular flexibility index (Phi) is 7.50. The van der Waals surface area contributed by atoms with Crippen LogP contribution in [-0.2, 0) is 16.1 Å². The van der Waals surface area contributed by atoms with Gasteiger partial charge in [-0.3, -0.25) is 9.59 Å². The summed E-state index contributed by atoms with van der Waals surface area (Å²) >= 11 is 6.31. The van der Waals surface area contributed by atoms with Gasteiger partial charge in [-0.25, -0.2) is 0 Å². The molecule has 1 saturated heterocycles. The van der Waals surface area contributed by atoms with Crippen molar-refractivity contribution in [2.75, 3.05) is 20.8 Å². The fourth-order valence-corrected chi connectivity index (χ4v) is 4.51. The number of ether oxygens (including phenoxy) is 3. The molecule has 36 heavy (non-hydrogen) atoms. The highest BCUT2D eigenvalue weighted by Gasteiger charge is 2.46. The second kappa shape index (κ2) is 10.7.